The summed E-state index contributed by atoms with van der Waals surface area (Å²) in [6, 6.07) is 98.1. The van der Waals surface area contributed by atoms with Gasteiger partial charge in [0.2, 0.25) is 0 Å². The van der Waals surface area contributed by atoms with E-state index in [0.29, 0.717) is 0 Å². The molecule has 6 aromatic heterocycles. The van der Waals surface area contributed by atoms with Crippen molar-refractivity contribution in [3.8, 4) is 56.7 Å². The minimum Gasteiger partial charge on any atom is -0.305 e. The van der Waals surface area contributed by atoms with Gasteiger partial charge in [0.05, 0.1) is 66.6 Å². The fraction of sp³-hybridized carbons (Fsp3) is 0. The summed E-state index contributed by atoms with van der Waals surface area (Å²) in [7, 11) is 0. The van der Waals surface area contributed by atoms with Crippen LogP contribution in [0.2, 0.25) is 0 Å². The Morgan fingerprint density at radius 2 is 0.450 bits per heavy atom. The molecule has 0 unspecified atom stereocenters. The number of hydrogen-bond acceptors (Lipinski definition) is 3. The van der Waals surface area contributed by atoms with Crippen molar-refractivity contribution < 1.29 is 0 Å². The van der Waals surface area contributed by atoms with Crippen LogP contribution < -0.4 is 0 Å². The summed E-state index contributed by atoms with van der Waals surface area (Å²) in [5.41, 5.74) is 17.8. The van der Waals surface area contributed by atoms with Gasteiger partial charge in [0, 0.05) is 59.8 Å². The van der Waals surface area contributed by atoms with Crippen LogP contribution >= 0.6 is 0 Å². The summed E-state index contributed by atoms with van der Waals surface area (Å²) in [5.74, 6) is 1.59. The molecule has 0 aliphatic carbocycles. The fourth-order valence-electron chi connectivity index (χ4n) is 13.0. The zero-order valence-corrected chi connectivity index (χ0v) is 43.1. The van der Waals surface area contributed by atoms with Crippen LogP contribution in [0, 0.1) is 0 Å². The van der Waals surface area contributed by atoms with E-state index in [-0.39, 0.29) is 0 Å². The van der Waals surface area contributed by atoms with E-state index in [0.717, 1.165) is 155 Å². The molecule has 0 radical (unpaired) electrons. The fourth-order valence-corrected chi connectivity index (χ4v) is 13.0. The number of aromatic nitrogens is 7. The average molecular weight is 1020 g/mol. The molecule has 7 nitrogen and oxygen atoms in total. The lowest BCUT2D eigenvalue weighted by atomic mass is 9.97. The third kappa shape index (κ3) is 6.40. The van der Waals surface area contributed by atoms with Crippen molar-refractivity contribution in [3.63, 3.8) is 0 Å². The summed E-state index contributed by atoms with van der Waals surface area (Å²) in [6.07, 6.45) is 0. The molecular formula is C73H45N7. The molecule has 0 amide bonds. The monoisotopic (exact) mass is 1020 g/mol. The first-order chi connectivity index (χ1) is 39.7. The Labute approximate surface area is 458 Å². The van der Waals surface area contributed by atoms with Crippen molar-refractivity contribution in [1.29, 1.82) is 0 Å². The lowest BCUT2D eigenvalue weighted by Crippen LogP contribution is -2.16. The first kappa shape index (κ1) is 44.3. The van der Waals surface area contributed by atoms with Crippen LogP contribution in [0.15, 0.2) is 273 Å². The molecule has 0 spiro atoms. The van der Waals surface area contributed by atoms with Gasteiger partial charge < -0.3 is 9.13 Å². The number of pyridine rings is 1. The quantitative estimate of drug-likeness (QED) is 0.160. The third-order valence-corrected chi connectivity index (χ3v) is 16.4. The van der Waals surface area contributed by atoms with Crippen LogP contribution in [-0.4, -0.2) is 33.2 Å². The van der Waals surface area contributed by atoms with E-state index in [9.17, 15) is 0 Å². The number of benzene rings is 11. The van der Waals surface area contributed by atoms with Crippen LogP contribution in [0.25, 0.3) is 155 Å². The Hall–Kier alpha value is -10.9. The molecule has 0 saturated carbocycles. The molecule has 0 fully saturated rings. The van der Waals surface area contributed by atoms with E-state index >= 15 is 0 Å². The zero-order valence-electron chi connectivity index (χ0n) is 43.1. The van der Waals surface area contributed by atoms with Crippen molar-refractivity contribution in [1.82, 2.24) is 33.2 Å². The second kappa shape index (κ2) is 17.3. The molecule has 6 heterocycles. The maximum Gasteiger partial charge on any atom is 0.165 e. The number of nitrogens with zero attached hydrogens (tertiary/aromatic N) is 7. The predicted octanol–water partition coefficient (Wildman–Crippen LogP) is 18.4. The molecule has 80 heavy (non-hydrogen) atoms. The Morgan fingerprint density at radius 3 is 0.775 bits per heavy atom. The Bertz CT molecular complexity index is 4900. The van der Waals surface area contributed by atoms with Gasteiger partial charge in [-0.2, -0.15) is 0 Å². The Morgan fingerprint density at radius 1 is 0.200 bits per heavy atom. The zero-order chi connectivity index (χ0) is 52.4. The second-order valence-electron chi connectivity index (χ2n) is 20.7. The number of rotatable bonds is 7. The first-order valence-electron chi connectivity index (χ1n) is 27.2. The lowest BCUT2D eigenvalue weighted by molar-refractivity contribution is 0.961. The average Bonchev–Trinajstić information content (AvgIpc) is 4.16. The third-order valence-electron chi connectivity index (χ3n) is 16.4. The van der Waals surface area contributed by atoms with Gasteiger partial charge in [0.15, 0.2) is 11.6 Å². The maximum atomic E-state index is 6.39. The van der Waals surface area contributed by atoms with Gasteiger partial charge in [-0.3, -0.25) is 9.13 Å². The summed E-state index contributed by atoms with van der Waals surface area (Å²) in [4.78, 5) is 17.1. The molecule has 17 aromatic rings. The van der Waals surface area contributed by atoms with Gasteiger partial charge in [-0.1, -0.05) is 212 Å². The van der Waals surface area contributed by atoms with E-state index in [1.165, 1.54) is 0 Å². The van der Waals surface area contributed by atoms with Crippen molar-refractivity contribution in [3.05, 3.63) is 273 Å². The molecule has 0 atom stereocenters. The molecule has 0 aliphatic rings. The molecule has 0 N–H and O–H groups in total. The number of fused-ring (bicyclic) bond motifs is 13. The number of hydrogen-bond donors (Lipinski definition) is 0. The van der Waals surface area contributed by atoms with E-state index in [2.05, 4.69) is 261 Å². The first-order valence-corrected chi connectivity index (χ1v) is 27.2. The Balaban J connectivity index is 1.12. The van der Waals surface area contributed by atoms with Gasteiger partial charge in [0.1, 0.15) is 11.4 Å². The second-order valence-corrected chi connectivity index (χ2v) is 20.7. The van der Waals surface area contributed by atoms with Crippen LogP contribution in [-0.2, 0) is 0 Å². The van der Waals surface area contributed by atoms with Crippen LogP contribution in [0.3, 0.4) is 0 Å². The van der Waals surface area contributed by atoms with Gasteiger partial charge in [0.25, 0.3) is 0 Å². The molecule has 0 aliphatic heterocycles. The van der Waals surface area contributed by atoms with E-state index in [1.807, 2.05) is 30.3 Å². The highest BCUT2D eigenvalue weighted by Crippen LogP contribution is 2.49. The standard InChI is InChI=1S/C73H45N7/c1-2-22-47(23-3-1)68-69(75-58-33-13-12-32-57(58)74-68)48-44-42-46(43-45-48)67-70(77-59-34-14-4-24-49(59)50-25-5-15-35-60(50)77)72(79-63-38-18-8-28-53(63)54-29-9-19-39-64(54)79)76-73(80-65-40-20-10-30-55(65)56-31-11-21-41-66(56)80)71(67)78-61-36-16-6-26-51(61)52-27-7-17-37-62(52)78/h1-45H. The van der Waals surface area contributed by atoms with Gasteiger partial charge in [-0.05, 0) is 66.2 Å². The summed E-state index contributed by atoms with van der Waals surface area (Å²) >= 11 is 0. The van der Waals surface area contributed by atoms with Crippen LogP contribution in [0.5, 0.6) is 0 Å². The van der Waals surface area contributed by atoms with Gasteiger partial charge >= 0.3 is 0 Å². The van der Waals surface area contributed by atoms with E-state index in [4.69, 9.17) is 15.0 Å². The summed E-state index contributed by atoms with van der Waals surface area (Å²) < 4.78 is 9.83. The minimum atomic E-state index is 0.793. The van der Waals surface area contributed by atoms with Crippen molar-refractivity contribution >= 4 is 98.3 Å². The van der Waals surface area contributed by atoms with Crippen LogP contribution in [0.4, 0.5) is 0 Å². The van der Waals surface area contributed by atoms with E-state index in [1.54, 1.807) is 0 Å². The van der Waals surface area contributed by atoms with E-state index < -0.39 is 0 Å². The van der Waals surface area contributed by atoms with Crippen molar-refractivity contribution in [2.45, 2.75) is 0 Å². The molecule has 0 saturated heterocycles. The van der Waals surface area contributed by atoms with Gasteiger partial charge in [-0.15, -0.1) is 0 Å². The largest absolute Gasteiger partial charge is 0.305 e. The SMILES string of the molecule is c1ccc(-c2nc3ccccc3nc2-c2ccc(-c3c(-n4c5ccccc5c5ccccc54)c(-n4c5ccccc5c5ccccc54)nc(-n4c5ccccc5c5ccccc54)c3-n3c4ccccc4c4ccccc43)cc2)cc1. The molecular weight excluding hydrogens is 975 g/mol. The Kier molecular flexibility index (Phi) is 9.58. The summed E-state index contributed by atoms with van der Waals surface area (Å²) in [6.45, 7) is 0. The van der Waals surface area contributed by atoms with Gasteiger partial charge in [-0.25, -0.2) is 15.0 Å². The van der Waals surface area contributed by atoms with Crippen LogP contribution in [0.1, 0.15) is 0 Å². The molecule has 0 bridgehead atoms. The van der Waals surface area contributed by atoms with Crippen molar-refractivity contribution in [2.24, 2.45) is 0 Å². The highest BCUT2D eigenvalue weighted by molar-refractivity contribution is 6.16. The highest BCUT2D eigenvalue weighted by Gasteiger charge is 2.32. The predicted molar refractivity (Wildman–Crippen MR) is 331 cm³/mol. The normalized spacial score (nSPS) is 12.0. The highest BCUT2D eigenvalue weighted by atomic mass is 15.2. The molecule has 372 valence electrons. The molecule has 11 aromatic carbocycles. The minimum absolute atomic E-state index is 0.793. The topological polar surface area (TPSA) is 58.4 Å². The maximum absolute atomic E-state index is 6.39. The van der Waals surface area contributed by atoms with Crippen molar-refractivity contribution in [2.75, 3.05) is 0 Å². The number of para-hydroxylation sites is 10. The lowest BCUT2D eigenvalue weighted by Gasteiger charge is -2.27. The molecule has 7 heteroatoms. The smallest absolute Gasteiger partial charge is 0.165 e. The summed E-state index contributed by atoms with van der Waals surface area (Å²) in [5, 5.41) is 9.24. The molecule has 17 rings (SSSR count).